The van der Waals surface area contributed by atoms with E-state index in [0.717, 1.165) is 30.8 Å². The van der Waals surface area contributed by atoms with Crippen molar-refractivity contribution in [3.8, 4) is 0 Å². The number of aliphatic hydroxyl groups is 1. The quantitative estimate of drug-likeness (QED) is 0.792. The minimum Gasteiger partial charge on any atom is -0.394 e. The second-order valence-corrected chi connectivity index (χ2v) is 6.14. The van der Waals surface area contributed by atoms with Crippen molar-refractivity contribution in [1.82, 2.24) is 5.32 Å². The molecule has 1 unspecified atom stereocenters. The molecule has 1 atom stereocenters. The average molecular weight is 325 g/mol. The highest BCUT2D eigenvalue weighted by Crippen LogP contribution is 2.30. The maximum Gasteiger partial charge on any atom is 0.319 e. The van der Waals surface area contributed by atoms with Crippen LogP contribution in [0, 0.1) is 0 Å². The van der Waals surface area contributed by atoms with Gasteiger partial charge in [-0.2, -0.15) is 0 Å². The van der Waals surface area contributed by atoms with E-state index >= 15 is 0 Å². The largest absolute Gasteiger partial charge is 0.394 e. The van der Waals surface area contributed by atoms with Gasteiger partial charge in [0.05, 0.1) is 12.6 Å². The van der Waals surface area contributed by atoms with Gasteiger partial charge in [-0.15, -0.1) is 0 Å². The molecule has 5 heteroatoms. The maximum absolute atomic E-state index is 12.0. The summed E-state index contributed by atoms with van der Waals surface area (Å²) in [4.78, 5) is 14.4. The Labute approximate surface area is 142 Å². The smallest absolute Gasteiger partial charge is 0.319 e. The topological polar surface area (TPSA) is 64.6 Å². The normalized spacial score (nSPS) is 14.2. The van der Waals surface area contributed by atoms with E-state index in [2.05, 4.69) is 39.8 Å². The minimum atomic E-state index is -0.300. The molecule has 0 aliphatic carbocycles. The number of hydrogen-bond acceptors (Lipinski definition) is 3. The van der Waals surface area contributed by atoms with Gasteiger partial charge < -0.3 is 20.6 Å². The van der Waals surface area contributed by atoms with E-state index in [4.69, 9.17) is 5.11 Å². The lowest BCUT2D eigenvalue weighted by molar-refractivity contribution is 0.229. The van der Waals surface area contributed by atoms with Gasteiger partial charge in [-0.3, -0.25) is 0 Å². The van der Waals surface area contributed by atoms with E-state index < -0.39 is 0 Å². The molecule has 2 aromatic rings. The molecule has 2 aromatic carbocycles. The van der Waals surface area contributed by atoms with Crippen LogP contribution in [-0.4, -0.2) is 30.3 Å². The second kappa shape index (κ2) is 7.36. The van der Waals surface area contributed by atoms with Crippen LogP contribution in [0.25, 0.3) is 0 Å². The highest BCUT2D eigenvalue weighted by molar-refractivity contribution is 5.90. The van der Waals surface area contributed by atoms with Gasteiger partial charge in [-0.1, -0.05) is 36.4 Å². The lowest BCUT2D eigenvalue weighted by Gasteiger charge is -2.22. The molecule has 0 saturated heterocycles. The number of rotatable bonds is 5. The van der Waals surface area contributed by atoms with Crippen LogP contribution in [0.2, 0.25) is 0 Å². The molecule has 3 N–H and O–H groups in total. The third-order valence-electron chi connectivity index (χ3n) is 4.26. The summed E-state index contributed by atoms with van der Waals surface area (Å²) < 4.78 is 0. The molecule has 0 aromatic heterocycles. The van der Waals surface area contributed by atoms with Crippen molar-refractivity contribution in [2.24, 2.45) is 0 Å². The highest BCUT2D eigenvalue weighted by atomic mass is 16.3. The molecule has 2 amide bonds. The number of aliphatic hydroxyl groups excluding tert-OH is 1. The number of anilines is 2. The SMILES string of the molecule is CC(CO)NC(=O)Nc1ccccc1CN1CCc2ccccc21. The maximum atomic E-state index is 12.0. The van der Waals surface area contributed by atoms with E-state index in [1.807, 2.05) is 24.3 Å². The molecular weight excluding hydrogens is 302 g/mol. The summed E-state index contributed by atoms with van der Waals surface area (Å²) in [6, 6.07) is 15.7. The summed E-state index contributed by atoms with van der Waals surface area (Å²) in [6.45, 7) is 3.41. The number of benzene rings is 2. The first-order valence-corrected chi connectivity index (χ1v) is 8.26. The number of nitrogens with zero attached hydrogens (tertiary/aromatic N) is 1. The Morgan fingerprint density at radius 2 is 1.96 bits per heavy atom. The molecule has 1 heterocycles. The summed E-state index contributed by atoms with van der Waals surface area (Å²) in [7, 11) is 0. The zero-order valence-corrected chi connectivity index (χ0v) is 13.8. The zero-order valence-electron chi connectivity index (χ0n) is 13.8. The van der Waals surface area contributed by atoms with Gasteiger partial charge in [0.15, 0.2) is 0 Å². The summed E-state index contributed by atoms with van der Waals surface area (Å²) in [6.07, 6.45) is 1.06. The van der Waals surface area contributed by atoms with E-state index in [-0.39, 0.29) is 18.7 Å². The van der Waals surface area contributed by atoms with Crippen LogP contribution in [0.1, 0.15) is 18.1 Å². The van der Waals surface area contributed by atoms with Crippen LogP contribution in [0.4, 0.5) is 16.2 Å². The average Bonchev–Trinajstić information content (AvgIpc) is 2.99. The third kappa shape index (κ3) is 3.68. The Hall–Kier alpha value is -2.53. The number of carbonyl (C=O) groups is 1. The van der Waals surface area contributed by atoms with Crippen molar-refractivity contribution in [3.05, 3.63) is 59.7 Å². The molecule has 0 radical (unpaired) electrons. The fourth-order valence-electron chi connectivity index (χ4n) is 2.98. The van der Waals surface area contributed by atoms with Crippen LogP contribution in [0.5, 0.6) is 0 Å². The van der Waals surface area contributed by atoms with E-state index in [9.17, 15) is 4.79 Å². The summed E-state index contributed by atoms with van der Waals surface area (Å²) in [5, 5.41) is 14.6. The van der Waals surface area contributed by atoms with Crippen molar-refractivity contribution in [1.29, 1.82) is 0 Å². The first-order chi connectivity index (χ1) is 11.7. The Morgan fingerprint density at radius 3 is 2.79 bits per heavy atom. The predicted molar refractivity (Wildman–Crippen MR) is 96.3 cm³/mol. The predicted octanol–water partition coefficient (Wildman–Crippen LogP) is 2.75. The molecule has 0 fully saturated rings. The number of urea groups is 1. The molecule has 1 aliphatic rings. The van der Waals surface area contributed by atoms with Gasteiger partial charge in [0.2, 0.25) is 0 Å². The molecule has 126 valence electrons. The Kier molecular flexibility index (Phi) is 5.01. The summed E-state index contributed by atoms with van der Waals surface area (Å²) >= 11 is 0. The summed E-state index contributed by atoms with van der Waals surface area (Å²) in [5.74, 6) is 0. The molecule has 0 bridgehead atoms. The van der Waals surface area contributed by atoms with Crippen molar-refractivity contribution in [2.75, 3.05) is 23.4 Å². The van der Waals surface area contributed by atoms with Crippen molar-refractivity contribution in [2.45, 2.75) is 25.9 Å². The van der Waals surface area contributed by atoms with Crippen LogP contribution in [0.3, 0.4) is 0 Å². The zero-order chi connectivity index (χ0) is 16.9. The number of para-hydroxylation sites is 2. The lowest BCUT2D eigenvalue weighted by Crippen LogP contribution is -2.38. The Balaban J connectivity index is 1.72. The minimum absolute atomic E-state index is 0.0837. The van der Waals surface area contributed by atoms with Gasteiger partial charge in [0.1, 0.15) is 0 Å². The first kappa shape index (κ1) is 16.3. The fraction of sp³-hybridized carbons (Fsp3) is 0.316. The van der Waals surface area contributed by atoms with Crippen molar-refractivity contribution >= 4 is 17.4 Å². The van der Waals surface area contributed by atoms with Crippen molar-refractivity contribution < 1.29 is 9.90 Å². The monoisotopic (exact) mass is 325 g/mol. The number of nitrogens with one attached hydrogen (secondary N) is 2. The molecule has 0 saturated carbocycles. The highest BCUT2D eigenvalue weighted by Gasteiger charge is 2.19. The number of fused-ring (bicyclic) bond motifs is 1. The number of carbonyl (C=O) groups excluding carboxylic acids is 1. The van der Waals surface area contributed by atoms with Gasteiger partial charge >= 0.3 is 6.03 Å². The third-order valence-corrected chi connectivity index (χ3v) is 4.26. The van der Waals surface area contributed by atoms with E-state index in [1.165, 1.54) is 11.3 Å². The number of amides is 2. The lowest BCUT2D eigenvalue weighted by atomic mass is 10.1. The molecule has 3 rings (SSSR count). The van der Waals surface area contributed by atoms with Gasteiger partial charge in [0, 0.05) is 24.5 Å². The number of hydrogen-bond donors (Lipinski definition) is 3. The molecule has 5 nitrogen and oxygen atoms in total. The first-order valence-electron chi connectivity index (χ1n) is 8.26. The Morgan fingerprint density at radius 1 is 1.21 bits per heavy atom. The molecular formula is C19H23N3O2. The summed E-state index contributed by atoms with van der Waals surface area (Å²) in [5.41, 5.74) is 4.51. The second-order valence-electron chi connectivity index (χ2n) is 6.14. The standard InChI is InChI=1S/C19H23N3O2/c1-14(13-23)20-19(24)21-17-8-4-2-7-16(17)12-22-11-10-15-6-3-5-9-18(15)22/h2-9,14,23H,10-13H2,1H3,(H2,20,21,24). The van der Waals surface area contributed by atoms with Gasteiger partial charge in [0.25, 0.3) is 0 Å². The van der Waals surface area contributed by atoms with E-state index in [1.54, 1.807) is 6.92 Å². The molecule has 1 aliphatic heterocycles. The van der Waals surface area contributed by atoms with Gasteiger partial charge in [-0.05, 0) is 36.6 Å². The van der Waals surface area contributed by atoms with Crippen LogP contribution >= 0.6 is 0 Å². The molecule has 0 spiro atoms. The van der Waals surface area contributed by atoms with Crippen molar-refractivity contribution in [3.63, 3.8) is 0 Å². The molecule has 24 heavy (non-hydrogen) atoms. The Bertz CT molecular complexity index is 717. The van der Waals surface area contributed by atoms with Crippen LogP contribution in [-0.2, 0) is 13.0 Å². The fourth-order valence-corrected chi connectivity index (χ4v) is 2.98. The van der Waals surface area contributed by atoms with Gasteiger partial charge in [-0.25, -0.2) is 4.79 Å². The van der Waals surface area contributed by atoms with E-state index in [0.29, 0.717) is 0 Å². The van der Waals surface area contributed by atoms with Crippen LogP contribution < -0.4 is 15.5 Å². The van der Waals surface area contributed by atoms with Crippen LogP contribution in [0.15, 0.2) is 48.5 Å².